The van der Waals surface area contributed by atoms with Gasteiger partial charge in [-0.1, -0.05) is 6.42 Å². The molecule has 0 aromatic carbocycles. The van der Waals surface area contributed by atoms with Gasteiger partial charge in [-0.25, -0.2) is 0 Å². The number of hydrogen-bond acceptors (Lipinski definition) is 4. The predicted octanol–water partition coefficient (Wildman–Crippen LogP) is 2.40. The fraction of sp³-hybridized carbons (Fsp3) is 0.700. The summed E-state index contributed by atoms with van der Waals surface area (Å²) in [6, 6.07) is 2.15. The van der Waals surface area contributed by atoms with Crippen molar-refractivity contribution in [1.82, 2.24) is 14.7 Å². The van der Waals surface area contributed by atoms with Crippen LogP contribution in [0.2, 0.25) is 0 Å². The van der Waals surface area contributed by atoms with Crippen molar-refractivity contribution in [2.75, 3.05) is 45.8 Å². The fourth-order valence-corrected chi connectivity index (χ4v) is 5.52. The molecule has 3 aliphatic rings. The van der Waals surface area contributed by atoms with E-state index in [9.17, 15) is 9.59 Å². The highest BCUT2D eigenvalue weighted by Gasteiger charge is 2.27. The molecule has 1 aromatic heterocycles. The van der Waals surface area contributed by atoms with E-state index in [0.29, 0.717) is 6.54 Å². The van der Waals surface area contributed by atoms with Crippen LogP contribution in [-0.4, -0.2) is 72.3 Å². The largest absolute Gasteiger partial charge is 0.342 e. The molecule has 0 N–H and O–H groups in total. The summed E-state index contributed by atoms with van der Waals surface area (Å²) in [5.41, 5.74) is 1.41. The number of carbonyl (C=O) groups is 2. The Balaban J connectivity index is 1.30. The zero-order valence-corrected chi connectivity index (χ0v) is 16.4. The topological polar surface area (TPSA) is 43.9 Å². The summed E-state index contributed by atoms with van der Waals surface area (Å²) in [4.78, 5) is 33.7. The molecule has 5 nitrogen and oxygen atoms in total. The highest BCUT2D eigenvalue weighted by molar-refractivity contribution is 7.14. The van der Waals surface area contributed by atoms with Gasteiger partial charge < -0.3 is 9.80 Å². The van der Waals surface area contributed by atoms with Crippen molar-refractivity contribution in [3.8, 4) is 0 Å². The molecule has 26 heavy (non-hydrogen) atoms. The third-order valence-corrected chi connectivity index (χ3v) is 7.16. The molecular formula is C20H29N3O2S. The zero-order valence-electron chi connectivity index (χ0n) is 15.5. The lowest BCUT2D eigenvalue weighted by Gasteiger charge is -2.34. The molecule has 0 atom stereocenters. The van der Waals surface area contributed by atoms with Crippen molar-refractivity contribution in [2.45, 2.75) is 44.9 Å². The van der Waals surface area contributed by atoms with Crippen molar-refractivity contribution in [2.24, 2.45) is 0 Å². The summed E-state index contributed by atoms with van der Waals surface area (Å²) in [6.07, 6.45) is 8.36. The van der Waals surface area contributed by atoms with Gasteiger partial charge in [0, 0.05) is 44.1 Å². The van der Waals surface area contributed by atoms with Gasteiger partial charge in [-0.05, 0) is 50.2 Å². The minimum atomic E-state index is 0.189. The van der Waals surface area contributed by atoms with Crippen molar-refractivity contribution >= 4 is 23.2 Å². The summed E-state index contributed by atoms with van der Waals surface area (Å²) in [6.45, 7) is 5.41. The molecule has 0 spiro atoms. The van der Waals surface area contributed by atoms with E-state index in [4.69, 9.17) is 0 Å². The Morgan fingerprint density at radius 1 is 0.846 bits per heavy atom. The molecule has 0 saturated carbocycles. The van der Waals surface area contributed by atoms with E-state index >= 15 is 0 Å². The van der Waals surface area contributed by atoms with Crippen molar-refractivity contribution in [3.05, 3.63) is 21.4 Å². The van der Waals surface area contributed by atoms with Gasteiger partial charge >= 0.3 is 0 Å². The number of thiophene rings is 1. The van der Waals surface area contributed by atoms with Crippen LogP contribution in [0, 0.1) is 0 Å². The second-order valence-corrected chi connectivity index (χ2v) is 8.91. The lowest BCUT2D eigenvalue weighted by molar-refractivity contribution is -0.131. The standard InChI is InChI=1S/C20H29N3O2S/c24-19(22-8-4-5-9-22)15-21-10-12-23(13-11-21)20(25)18-14-16-6-2-1-3-7-17(16)26-18/h14H,1-13,15H2. The minimum Gasteiger partial charge on any atom is -0.342 e. The van der Waals surface area contributed by atoms with Gasteiger partial charge in [0.15, 0.2) is 0 Å². The monoisotopic (exact) mass is 375 g/mol. The van der Waals surface area contributed by atoms with Crippen molar-refractivity contribution < 1.29 is 9.59 Å². The number of aryl methyl sites for hydroxylation is 2. The Kier molecular flexibility index (Phi) is 5.60. The number of fused-ring (bicyclic) bond motifs is 1. The fourth-order valence-electron chi connectivity index (χ4n) is 4.30. The van der Waals surface area contributed by atoms with Crippen molar-refractivity contribution in [3.63, 3.8) is 0 Å². The molecular weight excluding hydrogens is 346 g/mol. The van der Waals surface area contributed by atoms with Crippen LogP contribution in [0.4, 0.5) is 0 Å². The molecule has 2 saturated heterocycles. The number of amides is 2. The number of rotatable bonds is 3. The Morgan fingerprint density at radius 3 is 2.35 bits per heavy atom. The van der Waals surface area contributed by atoms with E-state index in [1.54, 1.807) is 11.3 Å². The molecule has 2 amide bonds. The maximum atomic E-state index is 12.9. The highest BCUT2D eigenvalue weighted by atomic mass is 32.1. The number of hydrogen-bond donors (Lipinski definition) is 0. The number of piperazine rings is 1. The predicted molar refractivity (Wildman–Crippen MR) is 104 cm³/mol. The number of likely N-dealkylation sites (tertiary alicyclic amines) is 1. The Hall–Kier alpha value is -1.40. The third-order valence-electron chi connectivity index (χ3n) is 5.93. The van der Waals surface area contributed by atoms with Crippen LogP contribution >= 0.6 is 11.3 Å². The molecule has 0 unspecified atom stereocenters. The Morgan fingerprint density at radius 2 is 1.58 bits per heavy atom. The molecule has 0 radical (unpaired) electrons. The average molecular weight is 376 g/mol. The van der Waals surface area contributed by atoms with Crippen LogP contribution < -0.4 is 0 Å². The normalized spacial score (nSPS) is 21.5. The van der Waals surface area contributed by atoms with E-state index in [-0.39, 0.29) is 11.8 Å². The lowest BCUT2D eigenvalue weighted by Crippen LogP contribution is -2.51. The summed E-state index contributed by atoms with van der Waals surface area (Å²) in [5, 5.41) is 0. The highest BCUT2D eigenvalue weighted by Crippen LogP contribution is 2.30. The van der Waals surface area contributed by atoms with Gasteiger partial charge in [-0.2, -0.15) is 0 Å². The van der Waals surface area contributed by atoms with Gasteiger partial charge in [0.1, 0.15) is 0 Å². The zero-order chi connectivity index (χ0) is 17.9. The van der Waals surface area contributed by atoms with Gasteiger partial charge in [-0.15, -0.1) is 11.3 Å². The van der Waals surface area contributed by atoms with Gasteiger partial charge in [0.05, 0.1) is 11.4 Å². The summed E-state index contributed by atoms with van der Waals surface area (Å²) in [5.74, 6) is 0.442. The Bertz CT molecular complexity index is 635. The smallest absolute Gasteiger partial charge is 0.264 e. The first-order valence-electron chi connectivity index (χ1n) is 10.1. The van der Waals surface area contributed by atoms with Gasteiger partial charge in [0.2, 0.25) is 5.91 Å². The SMILES string of the molecule is O=C(CN1CCN(C(=O)c2cc3c(s2)CCCCC3)CC1)N1CCCC1. The number of nitrogens with zero attached hydrogens (tertiary/aromatic N) is 3. The van der Waals surface area contributed by atoms with Crippen LogP contribution in [-0.2, 0) is 17.6 Å². The number of carbonyl (C=O) groups excluding carboxylic acids is 2. The molecule has 6 heteroatoms. The summed E-state index contributed by atoms with van der Waals surface area (Å²) < 4.78 is 0. The van der Waals surface area contributed by atoms with E-state index in [1.807, 2.05) is 9.80 Å². The van der Waals surface area contributed by atoms with Gasteiger partial charge in [0.25, 0.3) is 5.91 Å². The van der Waals surface area contributed by atoms with Crippen LogP contribution in [0.5, 0.6) is 0 Å². The van der Waals surface area contributed by atoms with Crippen LogP contribution in [0.15, 0.2) is 6.07 Å². The lowest BCUT2D eigenvalue weighted by atomic mass is 10.1. The molecule has 4 rings (SSSR count). The van der Waals surface area contributed by atoms with Crippen molar-refractivity contribution in [1.29, 1.82) is 0 Å². The molecule has 1 aliphatic carbocycles. The van der Waals surface area contributed by atoms with E-state index in [1.165, 1.54) is 29.7 Å². The van der Waals surface area contributed by atoms with E-state index in [0.717, 1.165) is 69.8 Å². The van der Waals surface area contributed by atoms with E-state index < -0.39 is 0 Å². The first kappa shape index (κ1) is 18.0. The van der Waals surface area contributed by atoms with Crippen LogP contribution in [0.25, 0.3) is 0 Å². The second-order valence-electron chi connectivity index (χ2n) is 7.78. The summed E-state index contributed by atoms with van der Waals surface area (Å²) >= 11 is 1.71. The molecule has 2 aliphatic heterocycles. The molecule has 1 aromatic rings. The maximum absolute atomic E-state index is 12.9. The van der Waals surface area contributed by atoms with Crippen LogP contribution in [0.1, 0.15) is 52.2 Å². The van der Waals surface area contributed by atoms with E-state index in [2.05, 4.69) is 11.0 Å². The third kappa shape index (κ3) is 3.96. The maximum Gasteiger partial charge on any atom is 0.264 e. The second kappa shape index (κ2) is 8.09. The first-order valence-corrected chi connectivity index (χ1v) is 10.9. The molecule has 142 valence electrons. The minimum absolute atomic E-state index is 0.189. The first-order chi connectivity index (χ1) is 12.7. The van der Waals surface area contributed by atoms with Crippen LogP contribution in [0.3, 0.4) is 0 Å². The molecule has 2 fully saturated rings. The quantitative estimate of drug-likeness (QED) is 0.762. The average Bonchev–Trinajstić information content (AvgIpc) is 3.28. The molecule has 3 heterocycles. The Labute approximate surface area is 159 Å². The van der Waals surface area contributed by atoms with Gasteiger partial charge in [-0.3, -0.25) is 14.5 Å². The molecule has 0 bridgehead atoms. The summed E-state index contributed by atoms with van der Waals surface area (Å²) in [7, 11) is 0.